The molecule has 1 heterocycles. The van der Waals surface area contributed by atoms with E-state index in [9.17, 15) is 8.78 Å². The Morgan fingerprint density at radius 3 is 2.88 bits per heavy atom. The normalized spacial score (nSPS) is 16.6. The summed E-state index contributed by atoms with van der Waals surface area (Å²) >= 11 is 0. The van der Waals surface area contributed by atoms with Crippen LogP contribution in [-0.4, -0.2) is 19.1 Å². The molecule has 4 heteroatoms. The van der Waals surface area contributed by atoms with E-state index in [4.69, 9.17) is 0 Å². The molecule has 88 valence electrons. The summed E-state index contributed by atoms with van der Waals surface area (Å²) in [5.41, 5.74) is 1.06. The van der Waals surface area contributed by atoms with Crippen molar-refractivity contribution in [1.29, 1.82) is 0 Å². The van der Waals surface area contributed by atoms with E-state index >= 15 is 0 Å². The third-order valence-electron chi connectivity index (χ3n) is 3.12. The number of fused-ring (bicyclic) bond motifs is 1. The summed E-state index contributed by atoms with van der Waals surface area (Å²) in [6, 6.07) is 2.62. The molecule has 1 atom stereocenters. The van der Waals surface area contributed by atoms with Gasteiger partial charge in [0.05, 0.1) is 11.4 Å². The Kier molecular flexibility index (Phi) is 2.99. The summed E-state index contributed by atoms with van der Waals surface area (Å²) in [5, 5.41) is 2.98. The van der Waals surface area contributed by atoms with Crippen LogP contribution in [0.2, 0.25) is 0 Å². The van der Waals surface area contributed by atoms with Crippen LogP contribution in [-0.2, 0) is 0 Å². The van der Waals surface area contributed by atoms with Crippen LogP contribution in [0.15, 0.2) is 12.1 Å². The molecule has 0 aromatic heterocycles. The first-order valence-electron chi connectivity index (χ1n) is 5.63. The predicted molar refractivity (Wildman–Crippen MR) is 61.9 cm³/mol. The molecule has 0 amide bonds. The molecule has 1 aliphatic heterocycles. The zero-order chi connectivity index (χ0) is 11.7. The first-order valence-corrected chi connectivity index (χ1v) is 5.63. The Morgan fingerprint density at radius 1 is 1.44 bits per heavy atom. The zero-order valence-electron chi connectivity index (χ0n) is 9.56. The summed E-state index contributed by atoms with van der Waals surface area (Å²) in [6.07, 6.45) is 0.956. The van der Waals surface area contributed by atoms with Crippen LogP contribution < -0.4 is 10.2 Å². The highest BCUT2D eigenvalue weighted by atomic mass is 19.1. The van der Waals surface area contributed by atoms with Gasteiger partial charge in [0.2, 0.25) is 0 Å². The number of benzene rings is 1. The van der Waals surface area contributed by atoms with Gasteiger partial charge >= 0.3 is 0 Å². The van der Waals surface area contributed by atoms with E-state index in [1.165, 1.54) is 6.07 Å². The van der Waals surface area contributed by atoms with Gasteiger partial charge in [0.25, 0.3) is 0 Å². The molecular weight excluding hydrogens is 210 g/mol. The fraction of sp³-hybridized carbons (Fsp3) is 0.500. The summed E-state index contributed by atoms with van der Waals surface area (Å²) in [6.45, 7) is 5.62. The summed E-state index contributed by atoms with van der Waals surface area (Å²) < 4.78 is 26.7. The maximum absolute atomic E-state index is 13.5. The van der Waals surface area contributed by atoms with Gasteiger partial charge in [0.1, 0.15) is 5.82 Å². The van der Waals surface area contributed by atoms with Crippen LogP contribution in [0.3, 0.4) is 0 Å². The maximum atomic E-state index is 13.5. The van der Waals surface area contributed by atoms with Crippen LogP contribution >= 0.6 is 0 Å². The number of hydrogen-bond acceptors (Lipinski definition) is 2. The minimum Gasteiger partial charge on any atom is -0.379 e. The van der Waals surface area contributed by atoms with Crippen molar-refractivity contribution in [1.82, 2.24) is 0 Å². The van der Waals surface area contributed by atoms with Gasteiger partial charge in [-0.15, -0.1) is 0 Å². The van der Waals surface area contributed by atoms with Crippen molar-refractivity contribution in [3.05, 3.63) is 23.8 Å². The Labute approximate surface area is 94.3 Å². The van der Waals surface area contributed by atoms with Gasteiger partial charge in [0, 0.05) is 25.2 Å². The second-order valence-corrected chi connectivity index (χ2v) is 4.16. The Morgan fingerprint density at radius 2 is 2.19 bits per heavy atom. The van der Waals surface area contributed by atoms with Crippen molar-refractivity contribution < 1.29 is 8.78 Å². The maximum Gasteiger partial charge on any atom is 0.151 e. The van der Waals surface area contributed by atoms with E-state index in [1.807, 2.05) is 0 Å². The molecule has 2 rings (SSSR count). The van der Waals surface area contributed by atoms with Crippen LogP contribution in [0.1, 0.15) is 20.3 Å². The molecule has 0 fully saturated rings. The lowest BCUT2D eigenvalue weighted by molar-refractivity contribution is 0.568. The predicted octanol–water partition coefficient (Wildman–Crippen LogP) is 3.00. The molecular formula is C12H16F2N2. The average molecular weight is 226 g/mol. The van der Waals surface area contributed by atoms with E-state index in [1.54, 1.807) is 0 Å². The molecule has 2 nitrogen and oxygen atoms in total. The summed E-state index contributed by atoms with van der Waals surface area (Å²) in [7, 11) is 0. The number of hydrogen-bond donors (Lipinski definition) is 1. The third-order valence-corrected chi connectivity index (χ3v) is 3.12. The second kappa shape index (κ2) is 4.28. The van der Waals surface area contributed by atoms with Crippen molar-refractivity contribution in [2.75, 3.05) is 23.3 Å². The molecule has 0 radical (unpaired) electrons. The van der Waals surface area contributed by atoms with Crippen LogP contribution in [0.25, 0.3) is 0 Å². The number of nitrogens with zero attached hydrogens (tertiary/aromatic N) is 1. The van der Waals surface area contributed by atoms with E-state index in [0.717, 1.165) is 19.0 Å². The monoisotopic (exact) mass is 226 g/mol. The molecule has 1 unspecified atom stereocenters. The fourth-order valence-corrected chi connectivity index (χ4v) is 2.06. The number of anilines is 2. The molecule has 0 bridgehead atoms. The topological polar surface area (TPSA) is 15.3 Å². The standard InChI is InChI=1S/C12H16F2N2/c1-3-8(2)16-5-4-15-12-10(14)6-9(13)7-11(12)16/h6-8,15H,3-5H2,1-2H3. The highest BCUT2D eigenvalue weighted by Crippen LogP contribution is 2.34. The number of rotatable bonds is 2. The van der Waals surface area contributed by atoms with Gasteiger partial charge < -0.3 is 10.2 Å². The van der Waals surface area contributed by atoms with Gasteiger partial charge in [0.15, 0.2) is 5.82 Å². The molecule has 1 aliphatic rings. The quantitative estimate of drug-likeness (QED) is 0.834. The van der Waals surface area contributed by atoms with Gasteiger partial charge in [-0.05, 0) is 19.4 Å². The third kappa shape index (κ3) is 1.84. The lowest BCUT2D eigenvalue weighted by Crippen LogP contribution is -2.40. The van der Waals surface area contributed by atoms with E-state index in [-0.39, 0.29) is 0 Å². The summed E-state index contributed by atoms with van der Waals surface area (Å²) in [5.74, 6) is -1.03. The van der Waals surface area contributed by atoms with Crippen molar-refractivity contribution in [3.63, 3.8) is 0 Å². The van der Waals surface area contributed by atoms with Crippen molar-refractivity contribution >= 4 is 11.4 Å². The molecule has 0 saturated heterocycles. The van der Waals surface area contributed by atoms with Crippen molar-refractivity contribution in [3.8, 4) is 0 Å². The highest BCUT2D eigenvalue weighted by Gasteiger charge is 2.23. The van der Waals surface area contributed by atoms with Gasteiger partial charge in [-0.2, -0.15) is 0 Å². The lowest BCUT2D eigenvalue weighted by Gasteiger charge is -2.36. The largest absolute Gasteiger partial charge is 0.379 e. The molecule has 1 aromatic rings. The second-order valence-electron chi connectivity index (χ2n) is 4.16. The fourth-order valence-electron chi connectivity index (χ4n) is 2.06. The Bertz CT molecular complexity index is 393. The van der Waals surface area contributed by atoms with Crippen LogP contribution in [0.5, 0.6) is 0 Å². The molecule has 16 heavy (non-hydrogen) atoms. The number of halogens is 2. The zero-order valence-corrected chi connectivity index (χ0v) is 9.56. The van der Waals surface area contributed by atoms with Gasteiger partial charge in [-0.1, -0.05) is 6.92 Å². The lowest BCUT2D eigenvalue weighted by atomic mass is 10.1. The molecule has 1 N–H and O–H groups in total. The Balaban J connectivity index is 2.45. The molecule has 0 spiro atoms. The average Bonchev–Trinajstić information content (AvgIpc) is 2.27. The molecule has 0 aliphatic carbocycles. The van der Waals surface area contributed by atoms with E-state index in [2.05, 4.69) is 24.1 Å². The first-order chi connectivity index (χ1) is 7.63. The highest BCUT2D eigenvalue weighted by molar-refractivity contribution is 5.73. The van der Waals surface area contributed by atoms with E-state index < -0.39 is 11.6 Å². The van der Waals surface area contributed by atoms with Crippen LogP contribution in [0, 0.1) is 11.6 Å². The van der Waals surface area contributed by atoms with Crippen LogP contribution in [0.4, 0.5) is 20.2 Å². The summed E-state index contributed by atoms with van der Waals surface area (Å²) in [4.78, 5) is 2.05. The van der Waals surface area contributed by atoms with Crippen molar-refractivity contribution in [2.24, 2.45) is 0 Å². The van der Waals surface area contributed by atoms with Gasteiger partial charge in [-0.25, -0.2) is 8.78 Å². The Hall–Kier alpha value is -1.32. The number of nitrogens with one attached hydrogen (secondary N) is 1. The minimum absolute atomic E-state index is 0.294. The molecule has 1 aromatic carbocycles. The first kappa shape index (κ1) is 11.2. The molecule has 0 saturated carbocycles. The minimum atomic E-state index is -0.520. The van der Waals surface area contributed by atoms with Gasteiger partial charge in [-0.3, -0.25) is 0 Å². The van der Waals surface area contributed by atoms with E-state index in [0.29, 0.717) is 24.0 Å². The van der Waals surface area contributed by atoms with Crippen molar-refractivity contribution in [2.45, 2.75) is 26.3 Å². The SMILES string of the molecule is CCC(C)N1CCNc2c(F)cc(F)cc21. The smallest absolute Gasteiger partial charge is 0.151 e.